The number of thioether (sulfide) groups is 1. The fourth-order valence-electron chi connectivity index (χ4n) is 1.04. The van der Waals surface area contributed by atoms with Gasteiger partial charge in [-0.25, -0.2) is 4.98 Å². The van der Waals surface area contributed by atoms with Crippen molar-refractivity contribution in [1.82, 2.24) is 4.98 Å². The van der Waals surface area contributed by atoms with Gasteiger partial charge in [0.15, 0.2) is 4.34 Å². The Morgan fingerprint density at radius 1 is 1.38 bits per heavy atom. The molecule has 0 bridgehead atoms. The Hall–Kier alpha value is -0.610. The maximum atomic E-state index is 11.9. The molecule has 0 radical (unpaired) electrons. The average molecular weight is 213 g/mol. The van der Waals surface area contributed by atoms with Gasteiger partial charge < -0.3 is 0 Å². The zero-order chi connectivity index (χ0) is 9.10. The molecule has 1 aromatic carbocycles. The lowest BCUT2D eigenvalue weighted by molar-refractivity contribution is 0.533. The molecule has 2 rings (SSSR count). The number of hydrogen-bond donors (Lipinski definition) is 0. The molecule has 0 aliphatic carbocycles. The normalized spacial score (nSPS) is 10.8. The summed E-state index contributed by atoms with van der Waals surface area (Å²) >= 11 is 3.10. The van der Waals surface area contributed by atoms with Crippen molar-refractivity contribution in [3.63, 3.8) is 0 Å². The van der Waals surface area contributed by atoms with Crippen molar-refractivity contribution in [2.75, 3.05) is 12.4 Å². The maximum absolute atomic E-state index is 11.9. The van der Waals surface area contributed by atoms with Gasteiger partial charge in [-0.2, -0.15) is 0 Å². The third-order valence-corrected chi connectivity index (χ3v) is 3.71. The summed E-state index contributed by atoms with van der Waals surface area (Å²) in [5, 5.41) is 0. The number of thiazole rings is 1. The van der Waals surface area contributed by atoms with Crippen LogP contribution in [-0.2, 0) is 0 Å². The summed E-state index contributed by atoms with van der Waals surface area (Å²) in [7, 11) is 0. The van der Waals surface area contributed by atoms with Crippen LogP contribution in [-0.4, -0.2) is 17.4 Å². The Bertz CT molecular complexity index is 366. The van der Waals surface area contributed by atoms with E-state index in [1.165, 1.54) is 16.5 Å². The fourth-order valence-corrected chi connectivity index (χ4v) is 2.91. The second kappa shape index (κ2) is 4.07. The highest BCUT2D eigenvalue weighted by Crippen LogP contribution is 2.28. The molecule has 1 nitrogen and oxygen atoms in total. The molecule has 0 saturated carbocycles. The molecule has 0 unspecified atom stereocenters. The molecule has 13 heavy (non-hydrogen) atoms. The highest BCUT2D eigenvalue weighted by atomic mass is 32.2. The Morgan fingerprint density at radius 2 is 2.23 bits per heavy atom. The fraction of sp³-hybridized carbons (Fsp3) is 0.222. The standard InChI is InChI=1S/C9H8FNS2/c10-5-6-12-9-11-7-3-1-2-4-8(7)13-9/h1-4H,5-6H2. The van der Waals surface area contributed by atoms with Gasteiger partial charge >= 0.3 is 0 Å². The minimum absolute atomic E-state index is 0.291. The van der Waals surface area contributed by atoms with Crippen molar-refractivity contribution >= 4 is 33.3 Å². The van der Waals surface area contributed by atoms with E-state index in [1.54, 1.807) is 11.3 Å². The summed E-state index contributed by atoms with van der Waals surface area (Å²) in [6.07, 6.45) is 0. The number of halogens is 1. The van der Waals surface area contributed by atoms with Gasteiger partial charge in [-0.15, -0.1) is 11.3 Å². The van der Waals surface area contributed by atoms with E-state index >= 15 is 0 Å². The molecule has 4 heteroatoms. The molecule has 1 heterocycles. The van der Waals surface area contributed by atoms with E-state index in [-0.39, 0.29) is 6.67 Å². The molecule has 0 saturated heterocycles. The molecule has 0 atom stereocenters. The lowest BCUT2D eigenvalue weighted by Crippen LogP contribution is -1.78. The first-order valence-corrected chi connectivity index (χ1v) is 5.74. The number of benzene rings is 1. The van der Waals surface area contributed by atoms with Crippen LogP contribution in [0.2, 0.25) is 0 Å². The Morgan fingerprint density at radius 3 is 3.00 bits per heavy atom. The van der Waals surface area contributed by atoms with Crippen LogP contribution >= 0.6 is 23.1 Å². The van der Waals surface area contributed by atoms with Gasteiger partial charge in [0.05, 0.1) is 16.9 Å². The van der Waals surface area contributed by atoms with E-state index in [2.05, 4.69) is 4.98 Å². The van der Waals surface area contributed by atoms with Crippen molar-refractivity contribution in [2.24, 2.45) is 0 Å². The third-order valence-electron chi connectivity index (χ3n) is 1.58. The van der Waals surface area contributed by atoms with Gasteiger partial charge in [0.2, 0.25) is 0 Å². The summed E-state index contributed by atoms with van der Waals surface area (Å²) in [6.45, 7) is -0.291. The molecule has 0 aliphatic heterocycles. The van der Waals surface area contributed by atoms with Gasteiger partial charge in [0.25, 0.3) is 0 Å². The number of rotatable bonds is 3. The minimum Gasteiger partial charge on any atom is -0.250 e. The highest BCUT2D eigenvalue weighted by Gasteiger charge is 2.02. The smallest absolute Gasteiger partial charge is 0.151 e. The number of hydrogen-bond acceptors (Lipinski definition) is 3. The van der Waals surface area contributed by atoms with Crippen LogP contribution in [0.25, 0.3) is 10.2 Å². The molecule has 0 amide bonds. The van der Waals surface area contributed by atoms with Crippen LogP contribution in [0.1, 0.15) is 0 Å². The molecule has 0 N–H and O–H groups in total. The average Bonchev–Trinajstić information content (AvgIpc) is 2.57. The Kier molecular flexibility index (Phi) is 2.80. The van der Waals surface area contributed by atoms with Crippen LogP contribution in [0.15, 0.2) is 28.6 Å². The number of para-hydroxylation sites is 1. The zero-order valence-electron chi connectivity index (χ0n) is 6.87. The molecule has 0 aliphatic rings. The third kappa shape index (κ3) is 2.00. The summed E-state index contributed by atoms with van der Waals surface area (Å²) in [6, 6.07) is 7.97. The van der Waals surface area contributed by atoms with Crippen molar-refractivity contribution < 1.29 is 4.39 Å². The lowest BCUT2D eigenvalue weighted by Gasteiger charge is -1.87. The van der Waals surface area contributed by atoms with Gasteiger partial charge in [-0.3, -0.25) is 4.39 Å². The number of nitrogens with zero attached hydrogens (tertiary/aromatic N) is 1. The predicted molar refractivity (Wildman–Crippen MR) is 56.3 cm³/mol. The van der Waals surface area contributed by atoms with E-state index in [9.17, 15) is 4.39 Å². The monoisotopic (exact) mass is 213 g/mol. The zero-order valence-corrected chi connectivity index (χ0v) is 8.50. The lowest BCUT2D eigenvalue weighted by atomic mass is 10.3. The molecule has 68 valence electrons. The molecular formula is C9H8FNS2. The molecule has 0 fully saturated rings. The van der Waals surface area contributed by atoms with E-state index < -0.39 is 0 Å². The quantitative estimate of drug-likeness (QED) is 0.725. The number of alkyl halides is 1. The second-order valence-electron chi connectivity index (χ2n) is 2.48. The molecule has 2 aromatic rings. The predicted octanol–water partition coefficient (Wildman–Crippen LogP) is 3.36. The van der Waals surface area contributed by atoms with Crippen LogP contribution in [0.3, 0.4) is 0 Å². The van der Waals surface area contributed by atoms with Crippen molar-refractivity contribution in [1.29, 1.82) is 0 Å². The first-order valence-electron chi connectivity index (χ1n) is 3.94. The number of fused-ring (bicyclic) bond motifs is 1. The van der Waals surface area contributed by atoms with Gasteiger partial charge in [-0.1, -0.05) is 23.9 Å². The summed E-state index contributed by atoms with van der Waals surface area (Å²) in [5.74, 6) is 0.500. The second-order valence-corrected chi connectivity index (χ2v) is 4.86. The largest absolute Gasteiger partial charge is 0.250 e. The topological polar surface area (TPSA) is 12.9 Å². The summed E-state index contributed by atoms with van der Waals surface area (Å²) < 4.78 is 14.0. The van der Waals surface area contributed by atoms with E-state index in [0.29, 0.717) is 5.75 Å². The van der Waals surface area contributed by atoms with E-state index in [0.717, 1.165) is 9.86 Å². The maximum Gasteiger partial charge on any atom is 0.151 e. The highest BCUT2D eigenvalue weighted by molar-refractivity contribution is 8.01. The van der Waals surface area contributed by atoms with Gasteiger partial charge in [0, 0.05) is 5.75 Å². The van der Waals surface area contributed by atoms with Crippen LogP contribution in [0.5, 0.6) is 0 Å². The van der Waals surface area contributed by atoms with Crippen molar-refractivity contribution in [3.05, 3.63) is 24.3 Å². The SMILES string of the molecule is FCCSc1nc2ccccc2s1. The first kappa shape index (κ1) is 8.97. The minimum atomic E-state index is -0.291. The Labute approximate surface area is 84.0 Å². The van der Waals surface area contributed by atoms with Crippen LogP contribution in [0, 0.1) is 0 Å². The molecule has 0 spiro atoms. The van der Waals surface area contributed by atoms with Gasteiger partial charge in [0.1, 0.15) is 0 Å². The van der Waals surface area contributed by atoms with E-state index in [1.807, 2.05) is 24.3 Å². The van der Waals surface area contributed by atoms with Crippen LogP contribution in [0.4, 0.5) is 4.39 Å². The molecular weight excluding hydrogens is 205 g/mol. The van der Waals surface area contributed by atoms with Gasteiger partial charge in [-0.05, 0) is 12.1 Å². The van der Waals surface area contributed by atoms with Crippen LogP contribution < -0.4 is 0 Å². The first-order chi connectivity index (χ1) is 6.40. The summed E-state index contributed by atoms with van der Waals surface area (Å²) in [4.78, 5) is 4.37. The molecule has 1 aromatic heterocycles. The van der Waals surface area contributed by atoms with Crippen molar-refractivity contribution in [2.45, 2.75) is 4.34 Å². The Balaban J connectivity index is 2.28. The van der Waals surface area contributed by atoms with E-state index in [4.69, 9.17) is 0 Å². The number of aromatic nitrogens is 1. The summed E-state index contributed by atoms with van der Waals surface area (Å²) in [5.41, 5.74) is 1.01. The van der Waals surface area contributed by atoms with Crippen molar-refractivity contribution in [3.8, 4) is 0 Å².